The lowest BCUT2D eigenvalue weighted by Gasteiger charge is -2.19. The number of Topliss-reactive ketones (excluding diaryl/α,β-unsaturated/α-hetero) is 1. The predicted octanol–water partition coefficient (Wildman–Crippen LogP) is 2.01. The van der Waals surface area contributed by atoms with Gasteiger partial charge in [-0.3, -0.25) is 4.79 Å². The molecule has 0 aromatic rings. The zero-order valence-corrected chi connectivity index (χ0v) is 7.46. The highest BCUT2D eigenvalue weighted by atomic mass is 31.0. The third-order valence-electron chi connectivity index (χ3n) is 2.26. The Morgan fingerprint density at radius 3 is 2.40 bits per heavy atom. The molecule has 1 saturated carbocycles. The maximum atomic E-state index is 11.1. The zero-order chi connectivity index (χ0) is 7.40. The summed E-state index contributed by atoms with van der Waals surface area (Å²) in [5.41, 5.74) is 0. The first-order chi connectivity index (χ1) is 4.84. The maximum absolute atomic E-state index is 11.1. The van der Waals surface area contributed by atoms with Crippen molar-refractivity contribution in [3.05, 3.63) is 0 Å². The molecule has 1 fully saturated rings. The normalized spacial score (nSPS) is 20.9. The summed E-state index contributed by atoms with van der Waals surface area (Å²) in [4.78, 5) is 11.1. The van der Waals surface area contributed by atoms with E-state index < -0.39 is 0 Å². The summed E-state index contributed by atoms with van der Waals surface area (Å²) in [6.45, 7) is 0. The average Bonchev–Trinajstić information content (AvgIpc) is 2.05. The molecule has 0 heterocycles. The van der Waals surface area contributed by atoms with Crippen molar-refractivity contribution in [3.63, 3.8) is 0 Å². The second-order valence-electron chi connectivity index (χ2n) is 3.01. The number of hydrogen-bond donors (Lipinski definition) is 0. The number of ketones is 1. The van der Waals surface area contributed by atoms with Gasteiger partial charge in [-0.15, -0.1) is 9.24 Å². The summed E-state index contributed by atoms with van der Waals surface area (Å²) < 4.78 is 0. The van der Waals surface area contributed by atoms with Crippen molar-refractivity contribution in [1.82, 2.24) is 0 Å². The first-order valence-electron chi connectivity index (χ1n) is 4.07. The van der Waals surface area contributed by atoms with Crippen molar-refractivity contribution < 1.29 is 4.79 Å². The molecule has 0 aliphatic heterocycles. The number of carbonyl (C=O) groups excluding carboxylic acids is 1. The lowest BCUT2D eigenvalue weighted by atomic mass is 9.87. The lowest BCUT2D eigenvalue weighted by Crippen LogP contribution is -2.18. The first kappa shape index (κ1) is 8.20. The Morgan fingerprint density at radius 2 is 1.90 bits per heavy atom. The van der Waals surface area contributed by atoms with E-state index in [1.165, 1.54) is 19.3 Å². The molecule has 2 heteroatoms. The molecule has 0 aromatic heterocycles. The molecule has 0 aromatic carbocycles. The van der Waals surface area contributed by atoms with Gasteiger partial charge in [-0.05, 0) is 12.8 Å². The molecule has 0 saturated heterocycles. The van der Waals surface area contributed by atoms with Crippen LogP contribution >= 0.6 is 9.24 Å². The summed E-state index contributed by atoms with van der Waals surface area (Å²) in [6.07, 6.45) is 6.81. The monoisotopic (exact) mass is 158 g/mol. The van der Waals surface area contributed by atoms with Crippen LogP contribution in [0.25, 0.3) is 0 Å². The minimum atomic E-state index is 0.409. The smallest absolute Gasteiger partial charge is 0.139 e. The van der Waals surface area contributed by atoms with Gasteiger partial charge in [-0.25, -0.2) is 0 Å². The van der Waals surface area contributed by atoms with Crippen molar-refractivity contribution in [2.45, 2.75) is 32.1 Å². The highest BCUT2D eigenvalue weighted by Crippen LogP contribution is 2.24. The van der Waals surface area contributed by atoms with Crippen LogP contribution in [0.5, 0.6) is 0 Å². The third kappa shape index (κ3) is 2.05. The molecule has 1 atom stereocenters. The fourth-order valence-corrected chi connectivity index (χ4v) is 1.92. The fourth-order valence-electron chi connectivity index (χ4n) is 1.59. The number of rotatable bonds is 2. The van der Waals surface area contributed by atoms with Gasteiger partial charge in [0.2, 0.25) is 0 Å². The minimum absolute atomic E-state index is 0.409. The van der Waals surface area contributed by atoms with Gasteiger partial charge >= 0.3 is 0 Å². The molecular weight excluding hydrogens is 143 g/mol. The fraction of sp³-hybridized carbons (Fsp3) is 0.875. The van der Waals surface area contributed by atoms with Gasteiger partial charge in [0.05, 0.1) is 0 Å². The molecule has 1 aliphatic carbocycles. The van der Waals surface area contributed by atoms with Gasteiger partial charge in [0.25, 0.3) is 0 Å². The highest BCUT2D eigenvalue weighted by Gasteiger charge is 2.18. The Bertz CT molecular complexity index is 116. The van der Waals surface area contributed by atoms with Crippen LogP contribution < -0.4 is 0 Å². The van der Waals surface area contributed by atoms with Gasteiger partial charge in [0.1, 0.15) is 5.78 Å². The summed E-state index contributed by atoms with van der Waals surface area (Å²) in [5.74, 6) is 0.857. The molecule has 0 amide bonds. The molecule has 10 heavy (non-hydrogen) atoms. The summed E-state index contributed by atoms with van der Waals surface area (Å²) >= 11 is 0. The Labute approximate surface area is 64.8 Å². The SMILES string of the molecule is O=C(CP)C1CCCCC1. The van der Waals surface area contributed by atoms with E-state index >= 15 is 0 Å². The molecule has 1 aliphatic rings. The Balaban J connectivity index is 2.31. The van der Waals surface area contributed by atoms with Crippen molar-refractivity contribution in [1.29, 1.82) is 0 Å². The Hall–Kier alpha value is 0.100. The maximum Gasteiger partial charge on any atom is 0.139 e. The predicted molar refractivity (Wildman–Crippen MR) is 46.2 cm³/mol. The lowest BCUT2D eigenvalue weighted by molar-refractivity contribution is -0.121. The molecule has 58 valence electrons. The van der Waals surface area contributed by atoms with Crippen LogP contribution in [-0.4, -0.2) is 11.9 Å². The van der Waals surface area contributed by atoms with E-state index in [9.17, 15) is 4.79 Å². The van der Waals surface area contributed by atoms with E-state index in [0.29, 0.717) is 17.9 Å². The molecule has 1 unspecified atom stereocenters. The molecule has 1 rings (SSSR count). The quantitative estimate of drug-likeness (QED) is 0.562. The largest absolute Gasteiger partial charge is 0.299 e. The second-order valence-corrected chi connectivity index (χ2v) is 3.41. The van der Waals surface area contributed by atoms with Crippen LogP contribution in [0.2, 0.25) is 0 Å². The van der Waals surface area contributed by atoms with Crippen molar-refractivity contribution in [2.24, 2.45) is 5.92 Å². The third-order valence-corrected chi connectivity index (χ3v) is 2.66. The van der Waals surface area contributed by atoms with E-state index in [1.807, 2.05) is 0 Å². The van der Waals surface area contributed by atoms with Crippen LogP contribution in [0, 0.1) is 5.92 Å². The van der Waals surface area contributed by atoms with Gasteiger partial charge in [0.15, 0.2) is 0 Å². The standard InChI is InChI=1S/C8H15OP/c9-8(6-10)7-4-2-1-3-5-7/h7H,1-6,10H2. The first-order valence-corrected chi connectivity index (χ1v) is 4.89. The van der Waals surface area contributed by atoms with Crippen LogP contribution in [0.15, 0.2) is 0 Å². The molecule has 1 nitrogen and oxygen atoms in total. The van der Waals surface area contributed by atoms with E-state index in [2.05, 4.69) is 9.24 Å². The van der Waals surface area contributed by atoms with Crippen LogP contribution in [-0.2, 0) is 4.79 Å². The highest BCUT2D eigenvalue weighted by molar-refractivity contribution is 7.18. The minimum Gasteiger partial charge on any atom is -0.299 e. The molecule has 0 bridgehead atoms. The molecule has 0 radical (unpaired) electrons. The summed E-state index contributed by atoms with van der Waals surface area (Å²) in [6, 6.07) is 0. The summed E-state index contributed by atoms with van der Waals surface area (Å²) in [7, 11) is 2.52. The van der Waals surface area contributed by atoms with Crippen molar-refractivity contribution in [2.75, 3.05) is 6.16 Å². The second kappa shape index (κ2) is 4.08. The Morgan fingerprint density at radius 1 is 1.30 bits per heavy atom. The number of carbonyl (C=O) groups is 1. The van der Waals surface area contributed by atoms with Crippen LogP contribution in [0.3, 0.4) is 0 Å². The molecular formula is C8H15OP. The van der Waals surface area contributed by atoms with E-state index in [1.54, 1.807) is 0 Å². The van der Waals surface area contributed by atoms with Gasteiger partial charge in [0, 0.05) is 12.1 Å². The van der Waals surface area contributed by atoms with E-state index in [0.717, 1.165) is 12.8 Å². The van der Waals surface area contributed by atoms with Crippen LogP contribution in [0.4, 0.5) is 0 Å². The zero-order valence-electron chi connectivity index (χ0n) is 6.31. The Kier molecular flexibility index (Phi) is 3.34. The topological polar surface area (TPSA) is 17.1 Å². The summed E-state index contributed by atoms with van der Waals surface area (Å²) in [5, 5.41) is 0. The average molecular weight is 158 g/mol. The van der Waals surface area contributed by atoms with Crippen molar-refractivity contribution >= 4 is 15.0 Å². The molecule has 0 spiro atoms. The van der Waals surface area contributed by atoms with Gasteiger partial charge in [-0.2, -0.15) is 0 Å². The van der Waals surface area contributed by atoms with E-state index in [-0.39, 0.29) is 0 Å². The van der Waals surface area contributed by atoms with E-state index in [4.69, 9.17) is 0 Å². The molecule has 0 N–H and O–H groups in total. The van der Waals surface area contributed by atoms with Crippen molar-refractivity contribution in [3.8, 4) is 0 Å². The number of hydrogen-bond acceptors (Lipinski definition) is 1. The van der Waals surface area contributed by atoms with Gasteiger partial charge < -0.3 is 0 Å². The van der Waals surface area contributed by atoms with Crippen LogP contribution in [0.1, 0.15) is 32.1 Å². The van der Waals surface area contributed by atoms with Gasteiger partial charge in [-0.1, -0.05) is 19.3 Å².